The van der Waals surface area contributed by atoms with Crippen LogP contribution in [0.2, 0.25) is 0 Å². The number of hydrogen-bond donors (Lipinski definition) is 0. The molecule has 3 rings (SSSR count). The Hall–Kier alpha value is -2.68. The summed E-state index contributed by atoms with van der Waals surface area (Å²) in [5.74, 6) is 0.936. The number of para-hydroxylation sites is 1. The lowest BCUT2D eigenvalue weighted by atomic mass is 10.2. The van der Waals surface area contributed by atoms with E-state index in [0.717, 1.165) is 29.8 Å². The smallest absolute Gasteiger partial charge is 0.243 e. The van der Waals surface area contributed by atoms with Crippen LogP contribution >= 0.6 is 0 Å². The van der Waals surface area contributed by atoms with Crippen LogP contribution in [0.1, 0.15) is 30.9 Å². The molecule has 1 aliphatic heterocycles. The van der Waals surface area contributed by atoms with Gasteiger partial charge < -0.3 is 9.64 Å². The van der Waals surface area contributed by atoms with Gasteiger partial charge in [-0.05, 0) is 31.5 Å². The number of carbonyl (C=O) groups excluding carboxylic acids is 1. The van der Waals surface area contributed by atoms with Crippen molar-refractivity contribution in [2.45, 2.75) is 31.6 Å². The standard InChI is InChI=1S/C27H37N3O4S/c1-4-8-27(31)29(16-7-10-24-9-5-6-11-26(24)34-3)20-17-28-18-21-30(22-19-28)35(32,33)25-14-12-23(2)13-15-25/h5-7,9-15H,4,8,16-22H2,1-3H3/b10-7+. The molecule has 1 saturated heterocycles. The Morgan fingerprint density at radius 3 is 2.40 bits per heavy atom. The summed E-state index contributed by atoms with van der Waals surface area (Å²) in [5, 5.41) is 0. The van der Waals surface area contributed by atoms with Gasteiger partial charge in [0.1, 0.15) is 5.75 Å². The van der Waals surface area contributed by atoms with E-state index >= 15 is 0 Å². The molecule has 0 unspecified atom stereocenters. The Labute approximate surface area is 210 Å². The van der Waals surface area contributed by atoms with Gasteiger partial charge in [-0.15, -0.1) is 0 Å². The van der Waals surface area contributed by atoms with E-state index < -0.39 is 10.0 Å². The average molecular weight is 500 g/mol. The minimum absolute atomic E-state index is 0.137. The van der Waals surface area contributed by atoms with Crippen molar-refractivity contribution in [2.24, 2.45) is 0 Å². The van der Waals surface area contributed by atoms with Gasteiger partial charge in [0.2, 0.25) is 15.9 Å². The number of benzene rings is 2. The molecule has 8 heteroatoms. The van der Waals surface area contributed by atoms with Gasteiger partial charge in [0, 0.05) is 57.8 Å². The summed E-state index contributed by atoms with van der Waals surface area (Å²) in [4.78, 5) is 17.2. The predicted molar refractivity (Wildman–Crippen MR) is 140 cm³/mol. The molecule has 0 atom stereocenters. The van der Waals surface area contributed by atoms with Gasteiger partial charge >= 0.3 is 0 Å². The van der Waals surface area contributed by atoms with Crippen molar-refractivity contribution in [3.05, 3.63) is 65.7 Å². The number of ether oxygens (including phenoxy) is 1. The fraction of sp³-hybridized carbons (Fsp3) is 0.444. The molecule has 0 bridgehead atoms. The summed E-state index contributed by atoms with van der Waals surface area (Å²) < 4.78 is 32.9. The SMILES string of the molecule is CCCC(=O)N(C/C=C/c1ccccc1OC)CCN1CCN(S(=O)(=O)c2ccc(C)cc2)CC1. The highest BCUT2D eigenvalue weighted by Gasteiger charge is 2.28. The molecule has 2 aromatic rings. The fourth-order valence-electron chi connectivity index (χ4n) is 4.12. The van der Waals surface area contributed by atoms with Gasteiger partial charge in [-0.3, -0.25) is 9.69 Å². The van der Waals surface area contributed by atoms with Crippen LogP contribution < -0.4 is 4.74 Å². The number of hydrogen-bond acceptors (Lipinski definition) is 5. The lowest BCUT2D eigenvalue weighted by Crippen LogP contribution is -2.50. The minimum atomic E-state index is -3.48. The van der Waals surface area contributed by atoms with E-state index in [2.05, 4.69) is 4.90 Å². The predicted octanol–water partition coefficient (Wildman–Crippen LogP) is 3.65. The molecule has 7 nitrogen and oxygen atoms in total. The highest BCUT2D eigenvalue weighted by atomic mass is 32.2. The van der Waals surface area contributed by atoms with E-state index in [-0.39, 0.29) is 5.91 Å². The van der Waals surface area contributed by atoms with Crippen molar-refractivity contribution >= 4 is 22.0 Å². The first-order valence-corrected chi connectivity index (χ1v) is 13.7. The van der Waals surface area contributed by atoms with Crippen LogP contribution in [0.5, 0.6) is 5.75 Å². The number of aryl methyl sites for hydroxylation is 1. The molecule has 2 aromatic carbocycles. The number of rotatable bonds is 11. The molecule has 0 saturated carbocycles. The number of nitrogens with zero attached hydrogens (tertiary/aromatic N) is 3. The zero-order chi connectivity index (χ0) is 25.3. The summed E-state index contributed by atoms with van der Waals surface area (Å²) >= 11 is 0. The van der Waals surface area contributed by atoms with E-state index in [0.29, 0.717) is 50.6 Å². The maximum atomic E-state index is 13.0. The van der Waals surface area contributed by atoms with Crippen LogP contribution in [0.3, 0.4) is 0 Å². The van der Waals surface area contributed by atoms with Crippen LogP contribution in [-0.4, -0.2) is 81.4 Å². The first-order valence-electron chi connectivity index (χ1n) is 12.2. The van der Waals surface area contributed by atoms with Gasteiger partial charge in [0.05, 0.1) is 12.0 Å². The van der Waals surface area contributed by atoms with Crippen molar-refractivity contribution in [1.82, 2.24) is 14.1 Å². The highest BCUT2D eigenvalue weighted by Crippen LogP contribution is 2.19. The van der Waals surface area contributed by atoms with Crippen LogP contribution in [0.4, 0.5) is 0 Å². The lowest BCUT2D eigenvalue weighted by molar-refractivity contribution is -0.130. The third kappa shape index (κ3) is 7.40. The second kappa shape index (κ2) is 12.9. The van der Waals surface area contributed by atoms with Crippen molar-refractivity contribution < 1.29 is 17.9 Å². The van der Waals surface area contributed by atoms with E-state index in [9.17, 15) is 13.2 Å². The molecule has 1 amide bonds. The molecular formula is C27H37N3O4S. The molecule has 0 aliphatic carbocycles. The molecule has 0 radical (unpaired) electrons. The largest absolute Gasteiger partial charge is 0.496 e. The molecule has 0 N–H and O–H groups in total. The zero-order valence-corrected chi connectivity index (χ0v) is 21.8. The lowest BCUT2D eigenvalue weighted by Gasteiger charge is -2.35. The van der Waals surface area contributed by atoms with Gasteiger partial charge in [0.15, 0.2) is 0 Å². The Bertz CT molecular complexity index is 1090. The maximum Gasteiger partial charge on any atom is 0.243 e. The quantitative estimate of drug-likeness (QED) is 0.472. The molecule has 0 aromatic heterocycles. The summed E-state index contributed by atoms with van der Waals surface area (Å²) in [7, 11) is -1.83. The van der Waals surface area contributed by atoms with E-state index in [1.165, 1.54) is 0 Å². The van der Waals surface area contributed by atoms with Crippen LogP contribution in [0, 0.1) is 6.92 Å². The van der Waals surface area contributed by atoms with E-state index in [1.54, 1.807) is 23.5 Å². The highest BCUT2D eigenvalue weighted by molar-refractivity contribution is 7.89. The minimum Gasteiger partial charge on any atom is -0.496 e. The molecule has 1 aliphatic rings. The summed E-state index contributed by atoms with van der Waals surface area (Å²) in [6.07, 6.45) is 5.31. The van der Waals surface area contributed by atoms with Crippen LogP contribution in [0.15, 0.2) is 59.5 Å². The summed E-state index contributed by atoms with van der Waals surface area (Å²) in [6, 6.07) is 14.8. The van der Waals surface area contributed by atoms with Gasteiger partial charge in [0.25, 0.3) is 0 Å². The van der Waals surface area contributed by atoms with Crippen molar-refractivity contribution in [2.75, 3.05) is 52.9 Å². The third-order valence-electron chi connectivity index (χ3n) is 6.25. The topological polar surface area (TPSA) is 70.2 Å². The fourth-order valence-corrected chi connectivity index (χ4v) is 5.54. The molecule has 1 heterocycles. The monoisotopic (exact) mass is 499 g/mol. The Balaban J connectivity index is 1.55. The Morgan fingerprint density at radius 2 is 1.74 bits per heavy atom. The molecule has 1 fully saturated rings. The number of methoxy groups -OCH3 is 1. The third-order valence-corrected chi connectivity index (χ3v) is 8.17. The van der Waals surface area contributed by atoms with Gasteiger partial charge in [-0.1, -0.05) is 55.0 Å². The van der Waals surface area contributed by atoms with E-state index in [4.69, 9.17) is 4.74 Å². The van der Waals surface area contributed by atoms with Crippen molar-refractivity contribution in [1.29, 1.82) is 0 Å². The Kier molecular flexibility index (Phi) is 9.89. The molecule has 35 heavy (non-hydrogen) atoms. The van der Waals surface area contributed by atoms with Gasteiger partial charge in [-0.25, -0.2) is 8.42 Å². The normalized spacial score (nSPS) is 15.4. The average Bonchev–Trinajstić information content (AvgIpc) is 2.87. The first-order chi connectivity index (χ1) is 16.8. The number of amides is 1. The Morgan fingerprint density at radius 1 is 1.06 bits per heavy atom. The molecule has 190 valence electrons. The molecular weight excluding hydrogens is 462 g/mol. The summed E-state index contributed by atoms with van der Waals surface area (Å²) in [5.41, 5.74) is 2.01. The number of piperazine rings is 1. The van der Waals surface area contributed by atoms with Crippen LogP contribution in [0.25, 0.3) is 6.08 Å². The van der Waals surface area contributed by atoms with Crippen molar-refractivity contribution in [3.8, 4) is 5.75 Å². The number of sulfonamides is 1. The zero-order valence-electron chi connectivity index (χ0n) is 21.0. The number of carbonyl (C=O) groups is 1. The maximum absolute atomic E-state index is 13.0. The molecule has 0 spiro atoms. The summed E-state index contributed by atoms with van der Waals surface area (Å²) in [6.45, 7) is 8.01. The van der Waals surface area contributed by atoms with Gasteiger partial charge in [-0.2, -0.15) is 4.31 Å². The second-order valence-corrected chi connectivity index (χ2v) is 10.7. The van der Waals surface area contributed by atoms with Crippen molar-refractivity contribution in [3.63, 3.8) is 0 Å². The van der Waals surface area contributed by atoms with Crippen LogP contribution in [-0.2, 0) is 14.8 Å². The first kappa shape index (κ1) is 26.9. The second-order valence-electron chi connectivity index (χ2n) is 8.79. The van der Waals surface area contributed by atoms with E-state index in [1.807, 2.05) is 67.3 Å².